The van der Waals surface area contributed by atoms with Crippen molar-refractivity contribution in [3.8, 4) is 5.69 Å². The average Bonchev–Trinajstić information content (AvgIpc) is 3.21. The lowest BCUT2D eigenvalue weighted by atomic mass is 9.97. The number of para-hydroxylation sites is 1. The van der Waals surface area contributed by atoms with Gasteiger partial charge < -0.3 is 14.8 Å². The molecule has 1 atom stereocenters. The Balaban J connectivity index is 1.64. The molecular weight excluding hydrogens is 406 g/mol. The fourth-order valence-electron chi connectivity index (χ4n) is 4.29. The van der Waals surface area contributed by atoms with Gasteiger partial charge >= 0.3 is 6.03 Å². The number of aryl methyl sites for hydroxylation is 1. The fourth-order valence-corrected chi connectivity index (χ4v) is 4.41. The fraction of sp³-hybridized carbons (Fsp3) is 0.115. The van der Waals surface area contributed by atoms with Crippen molar-refractivity contribution in [3.63, 3.8) is 0 Å². The van der Waals surface area contributed by atoms with Crippen LogP contribution in [-0.2, 0) is 6.54 Å². The summed E-state index contributed by atoms with van der Waals surface area (Å²) in [6.45, 7) is 2.59. The van der Waals surface area contributed by atoms with Crippen LogP contribution in [-0.4, -0.2) is 15.5 Å². The van der Waals surface area contributed by atoms with Gasteiger partial charge in [-0.05, 0) is 66.1 Å². The molecule has 2 heterocycles. The molecule has 3 aromatic carbocycles. The zero-order valence-electron chi connectivity index (χ0n) is 17.1. The van der Waals surface area contributed by atoms with E-state index in [0.717, 1.165) is 28.1 Å². The third kappa shape index (κ3) is 3.60. The summed E-state index contributed by atoms with van der Waals surface area (Å²) in [7, 11) is 0. The van der Waals surface area contributed by atoms with E-state index in [-0.39, 0.29) is 12.1 Å². The van der Waals surface area contributed by atoms with Gasteiger partial charge in [0.25, 0.3) is 0 Å². The number of carbonyl (C=O) groups is 1. The van der Waals surface area contributed by atoms with Crippen molar-refractivity contribution in [1.82, 2.24) is 9.47 Å². The number of rotatable bonds is 2. The molecule has 1 N–H and O–H groups in total. The molecule has 0 bridgehead atoms. The number of carbonyl (C=O) groups excluding carboxylic acids is 1. The van der Waals surface area contributed by atoms with Gasteiger partial charge in [-0.25, -0.2) is 4.79 Å². The third-order valence-electron chi connectivity index (χ3n) is 5.80. The van der Waals surface area contributed by atoms with Crippen molar-refractivity contribution in [2.24, 2.45) is 0 Å². The van der Waals surface area contributed by atoms with Crippen LogP contribution in [0.15, 0.2) is 91.1 Å². The Morgan fingerprint density at radius 3 is 2.48 bits per heavy atom. The Morgan fingerprint density at radius 2 is 1.68 bits per heavy atom. The van der Waals surface area contributed by atoms with Crippen LogP contribution in [0.3, 0.4) is 0 Å². The van der Waals surface area contributed by atoms with Crippen molar-refractivity contribution in [2.75, 3.05) is 5.32 Å². The molecule has 2 amide bonds. The molecule has 0 saturated carbocycles. The molecule has 1 aromatic heterocycles. The van der Waals surface area contributed by atoms with Gasteiger partial charge in [0.2, 0.25) is 0 Å². The number of anilines is 1. The highest BCUT2D eigenvalue weighted by atomic mass is 35.5. The standard InChI is InChI=1S/C26H22ClN3O/c1-18-7-2-4-9-22(18)25-24-11-6-16-29(24)23-10-5-3-8-19(23)17-30(25)26(31)28-21-14-12-20(27)13-15-21/h2-16,25H,17H2,1H3,(H,28,31)/t25-/m1/s1. The lowest BCUT2D eigenvalue weighted by Crippen LogP contribution is -2.38. The average molecular weight is 428 g/mol. The normalized spacial score (nSPS) is 15.0. The molecule has 1 aliphatic heterocycles. The first kappa shape index (κ1) is 19.5. The van der Waals surface area contributed by atoms with Crippen LogP contribution in [0.5, 0.6) is 0 Å². The first-order valence-electron chi connectivity index (χ1n) is 10.3. The summed E-state index contributed by atoms with van der Waals surface area (Å²) in [4.78, 5) is 15.5. The highest BCUT2D eigenvalue weighted by molar-refractivity contribution is 6.30. The Morgan fingerprint density at radius 1 is 0.935 bits per heavy atom. The van der Waals surface area contributed by atoms with E-state index in [9.17, 15) is 4.79 Å². The van der Waals surface area contributed by atoms with Gasteiger partial charge in [-0.1, -0.05) is 54.1 Å². The van der Waals surface area contributed by atoms with Gasteiger partial charge in [0.15, 0.2) is 0 Å². The summed E-state index contributed by atoms with van der Waals surface area (Å²) < 4.78 is 2.20. The monoisotopic (exact) mass is 427 g/mol. The molecule has 0 saturated heterocycles. The lowest BCUT2D eigenvalue weighted by Gasteiger charge is -2.32. The predicted molar refractivity (Wildman–Crippen MR) is 125 cm³/mol. The van der Waals surface area contributed by atoms with Crippen molar-refractivity contribution in [3.05, 3.63) is 119 Å². The molecule has 5 rings (SSSR count). The number of amides is 2. The highest BCUT2D eigenvalue weighted by Gasteiger charge is 2.33. The molecule has 0 spiro atoms. The SMILES string of the molecule is Cc1ccccc1[C@@H]1c2cccn2-c2ccccc2CN1C(=O)Nc1ccc(Cl)cc1. The molecule has 0 radical (unpaired) electrons. The van der Waals surface area contributed by atoms with E-state index in [1.54, 1.807) is 12.1 Å². The molecule has 0 unspecified atom stereocenters. The second kappa shape index (κ2) is 7.97. The number of hydrogen-bond donors (Lipinski definition) is 1. The minimum atomic E-state index is -0.226. The first-order chi connectivity index (χ1) is 15.1. The van der Waals surface area contributed by atoms with E-state index < -0.39 is 0 Å². The summed E-state index contributed by atoms with van der Waals surface area (Å²) in [6, 6.07) is 27.5. The maximum Gasteiger partial charge on any atom is 0.322 e. The molecule has 154 valence electrons. The van der Waals surface area contributed by atoms with E-state index in [4.69, 9.17) is 11.6 Å². The van der Waals surface area contributed by atoms with E-state index in [1.165, 1.54) is 0 Å². The molecule has 31 heavy (non-hydrogen) atoms. The van der Waals surface area contributed by atoms with Crippen molar-refractivity contribution in [1.29, 1.82) is 0 Å². The highest BCUT2D eigenvalue weighted by Crippen LogP contribution is 2.38. The van der Waals surface area contributed by atoms with Crippen molar-refractivity contribution in [2.45, 2.75) is 19.5 Å². The Labute approximate surface area is 186 Å². The molecule has 0 fully saturated rings. The van der Waals surface area contributed by atoms with Crippen molar-refractivity contribution < 1.29 is 4.79 Å². The minimum Gasteiger partial charge on any atom is -0.318 e. The molecular formula is C26H22ClN3O. The minimum absolute atomic E-state index is 0.153. The van der Waals surface area contributed by atoms with Crippen LogP contribution in [0.4, 0.5) is 10.5 Å². The number of hydrogen-bond acceptors (Lipinski definition) is 1. The smallest absolute Gasteiger partial charge is 0.318 e. The summed E-state index contributed by atoms with van der Waals surface area (Å²) in [5, 5.41) is 3.70. The van der Waals surface area contributed by atoms with Crippen LogP contribution in [0.25, 0.3) is 5.69 Å². The third-order valence-corrected chi connectivity index (χ3v) is 6.06. The van der Waals surface area contributed by atoms with Crippen LogP contribution in [0.2, 0.25) is 5.02 Å². The van der Waals surface area contributed by atoms with Gasteiger partial charge in [-0.15, -0.1) is 0 Å². The van der Waals surface area contributed by atoms with E-state index >= 15 is 0 Å². The number of fused-ring (bicyclic) bond motifs is 3. The number of nitrogens with one attached hydrogen (secondary N) is 1. The quantitative estimate of drug-likeness (QED) is 0.385. The van der Waals surface area contributed by atoms with Gasteiger partial charge in [0.1, 0.15) is 6.04 Å². The summed E-state index contributed by atoms with van der Waals surface area (Å²) >= 11 is 6.01. The second-order valence-electron chi connectivity index (χ2n) is 7.76. The largest absolute Gasteiger partial charge is 0.322 e. The second-order valence-corrected chi connectivity index (χ2v) is 8.19. The predicted octanol–water partition coefficient (Wildman–Crippen LogP) is 6.58. The van der Waals surface area contributed by atoms with Gasteiger partial charge in [0, 0.05) is 22.6 Å². The molecule has 1 aliphatic rings. The van der Waals surface area contributed by atoms with Crippen LogP contribution < -0.4 is 5.32 Å². The van der Waals surface area contributed by atoms with E-state index in [2.05, 4.69) is 53.3 Å². The van der Waals surface area contributed by atoms with Crippen LogP contribution in [0.1, 0.15) is 28.4 Å². The number of urea groups is 1. The van der Waals surface area contributed by atoms with Crippen molar-refractivity contribution >= 4 is 23.3 Å². The molecule has 0 aliphatic carbocycles. The van der Waals surface area contributed by atoms with Crippen LogP contribution >= 0.6 is 11.6 Å². The Hall–Kier alpha value is -3.50. The molecule has 5 heteroatoms. The summed E-state index contributed by atoms with van der Waals surface area (Å²) in [5.74, 6) is 0. The number of nitrogens with zero attached hydrogens (tertiary/aromatic N) is 2. The Kier molecular flexibility index (Phi) is 5.00. The van der Waals surface area contributed by atoms with Crippen LogP contribution in [0, 0.1) is 6.92 Å². The zero-order chi connectivity index (χ0) is 21.4. The lowest BCUT2D eigenvalue weighted by molar-refractivity contribution is 0.194. The number of halogens is 1. The van der Waals surface area contributed by atoms with E-state index in [0.29, 0.717) is 17.3 Å². The van der Waals surface area contributed by atoms with Gasteiger partial charge in [-0.2, -0.15) is 0 Å². The summed E-state index contributed by atoms with van der Waals surface area (Å²) in [6.07, 6.45) is 2.07. The zero-order valence-corrected chi connectivity index (χ0v) is 17.9. The Bertz CT molecular complexity index is 1250. The topological polar surface area (TPSA) is 37.3 Å². The first-order valence-corrected chi connectivity index (χ1v) is 10.6. The number of aromatic nitrogens is 1. The van der Waals surface area contributed by atoms with E-state index in [1.807, 2.05) is 47.4 Å². The van der Waals surface area contributed by atoms with Gasteiger partial charge in [-0.3, -0.25) is 0 Å². The molecule has 4 nitrogen and oxygen atoms in total. The summed E-state index contributed by atoms with van der Waals surface area (Å²) in [5.41, 5.74) is 6.23. The van der Waals surface area contributed by atoms with Gasteiger partial charge in [0.05, 0.1) is 12.2 Å². The molecule has 4 aromatic rings. The maximum absolute atomic E-state index is 13.6. The maximum atomic E-state index is 13.6. The number of benzene rings is 3.